The van der Waals surface area contributed by atoms with Crippen LogP contribution in [0.5, 0.6) is 0 Å². The lowest BCUT2D eigenvalue weighted by Gasteiger charge is -2.04. The molecule has 1 unspecified atom stereocenters. The van der Waals surface area contributed by atoms with Crippen LogP contribution in [0.3, 0.4) is 0 Å². The zero-order valence-corrected chi connectivity index (χ0v) is 9.77. The van der Waals surface area contributed by atoms with Gasteiger partial charge in [-0.05, 0) is 32.2 Å². The van der Waals surface area contributed by atoms with Crippen molar-refractivity contribution < 1.29 is 8.91 Å². The third-order valence-corrected chi connectivity index (χ3v) is 2.52. The van der Waals surface area contributed by atoms with E-state index in [1.165, 1.54) is 12.1 Å². The highest BCUT2D eigenvalue weighted by Crippen LogP contribution is 2.18. The van der Waals surface area contributed by atoms with Crippen molar-refractivity contribution in [1.82, 2.24) is 15.5 Å². The molecule has 0 aliphatic carbocycles. The molecule has 0 bridgehead atoms. The Kier molecular flexibility index (Phi) is 3.49. The van der Waals surface area contributed by atoms with Gasteiger partial charge in [0, 0.05) is 18.0 Å². The zero-order chi connectivity index (χ0) is 12.3. The highest BCUT2D eigenvalue weighted by molar-refractivity contribution is 5.52. The molecule has 1 N–H and O–H groups in total. The lowest BCUT2D eigenvalue weighted by molar-refractivity contribution is 0.418. The van der Waals surface area contributed by atoms with Crippen molar-refractivity contribution in [1.29, 1.82) is 0 Å². The van der Waals surface area contributed by atoms with Crippen molar-refractivity contribution in [3.05, 3.63) is 35.9 Å². The van der Waals surface area contributed by atoms with Crippen LogP contribution in [0.15, 0.2) is 28.8 Å². The first-order chi connectivity index (χ1) is 8.19. The predicted molar refractivity (Wildman–Crippen MR) is 61.9 cm³/mol. The van der Waals surface area contributed by atoms with Gasteiger partial charge in [-0.25, -0.2) is 4.39 Å². The average molecular weight is 235 g/mol. The smallest absolute Gasteiger partial charge is 0.258 e. The number of hydrogen-bond acceptors (Lipinski definition) is 4. The number of nitrogens with zero attached hydrogens (tertiary/aromatic N) is 2. The van der Waals surface area contributed by atoms with E-state index in [0.29, 0.717) is 23.7 Å². The minimum absolute atomic E-state index is 0.271. The first kappa shape index (κ1) is 11.7. The molecule has 2 aromatic rings. The molecule has 1 atom stereocenters. The molecule has 0 aliphatic rings. The third kappa shape index (κ3) is 2.88. The predicted octanol–water partition coefficient (Wildman–Crippen LogP) is 2.03. The Morgan fingerprint density at radius 3 is 3.00 bits per heavy atom. The van der Waals surface area contributed by atoms with E-state index in [2.05, 4.69) is 15.5 Å². The molecule has 2 rings (SSSR count). The summed E-state index contributed by atoms with van der Waals surface area (Å²) in [6, 6.07) is 6.38. The fourth-order valence-electron chi connectivity index (χ4n) is 1.45. The molecule has 0 aliphatic heterocycles. The maximum absolute atomic E-state index is 13.0. The number of benzene rings is 1. The van der Waals surface area contributed by atoms with Gasteiger partial charge in [0.25, 0.3) is 5.89 Å². The molecule has 0 amide bonds. The van der Waals surface area contributed by atoms with Crippen LogP contribution in [-0.4, -0.2) is 23.2 Å². The molecule has 17 heavy (non-hydrogen) atoms. The van der Waals surface area contributed by atoms with Gasteiger partial charge in [-0.1, -0.05) is 11.2 Å². The molecule has 1 heterocycles. The fraction of sp³-hybridized carbons (Fsp3) is 0.333. The molecule has 90 valence electrons. The summed E-state index contributed by atoms with van der Waals surface area (Å²) in [5.41, 5.74) is 0.598. The van der Waals surface area contributed by atoms with E-state index in [4.69, 9.17) is 4.52 Å². The van der Waals surface area contributed by atoms with Gasteiger partial charge in [-0.2, -0.15) is 4.98 Å². The lowest BCUT2D eigenvalue weighted by Crippen LogP contribution is -2.24. The molecule has 0 fully saturated rings. The molecule has 0 saturated carbocycles. The minimum atomic E-state index is -0.314. The van der Waals surface area contributed by atoms with Gasteiger partial charge in [0.2, 0.25) is 0 Å². The third-order valence-electron chi connectivity index (χ3n) is 2.52. The van der Waals surface area contributed by atoms with Crippen LogP contribution >= 0.6 is 0 Å². The second kappa shape index (κ2) is 5.05. The van der Waals surface area contributed by atoms with Crippen LogP contribution in [0, 0.1) is 5.82 Å². The van der Waals surface area contributed by atoms with Crippen LogP contribution in [0.1, 0.15) is 12.7 Å². The summed E-state index contributed by atoms with van der Waals surface area (Å²) >= 11 is 0. The molecular weight excluding hydrogens is 221 g/mol. The van der Waals surface area contributed by atoms with Crippen molar-refractivity contribution in [3.63, 3.8) is 0 Å². The number of hydrogen-bond donors (Lipinski definition) is 1. The van der Waals surface area contributed by atoms with Gasteiger partial charge in [0.1, 0.15) is 5.82 Å². The molecule has 1 aromatic heterocycles. The summed E-state index contributed by atoms with van der Waals surface area (Å²) in [5.74, 6) is 0.653. The average Bonchev–Trinajstić information content (AvgIpc) is 2.77. The quantitative estimate of drug-likeness (QED) is 0.880. The Bertz CT molecular complexity index is 498. The first-order valence-corrected chi connectivity index (χ1v) is 5.45. The van der Waals surface area contributed by atoms with E-state index in [1.807, 2.05) is 14.0 Å². The Hall–Kier alpha value is -1.75. The monoisotopic (exact) mass is 235 g/mol. The van der Waals surface area contributed by atoms with Crippen molar-refractivity contribution in [3.8, 4) is 11.5 Å². The molecule has 0 radical (unpaired) electrons. The van der Waals surface area contributed by atoms with Crippen molar-refractivity contribution >= 4 is 0 Å². The van der Waals surface area contributed by atoms with Crippen molar-refractivity contribution in [2.75, 3.05) is 7.05 Å². The summed E-state index contributed by atoms with van der Waals surface area (Å²) in [6.45, 7) is 2.03. The van der Waals surface area contributed by atoms with Gasteiger partial charge < -0.3 is 9.84 Å². The summed E-state index contributed by atoms with van der Waals surface area (Å²) in [5, 5.41) is 6.95. The van der Waals surface area contributed by atoms with Crippen LogP contribution in [-0.2, 0) is 6.42 Å². The molecule has 1 aromatic carbocycles. The van der Waals surface area contributed by atoms with Gasteiger partial charge in [0.15, 0.2) is 5.82 Å². The maximum Gasteiger partial charge on any atom is 0.258 e. The molecule has 5 heteroatoms. The summed E-state index contributed by atoms with van der Waals surface area (Å²) < 4.78 is 18.1. The van der Waals surface area contributed by atoms with E-state index >= 15 is 0 Å². The second-order valence-corrected chi connectivity index (χ2v) is 3.92. The zero-order valence-electron chi connectivity index (χ0n) is 9.77. The second-order valence-electron chi connectivity index (χ2n) is 3.92. The molecular formula is C12H14FN3O. The van der Waals surface area contributed by atoms with Crippen molar-refractivity contribution in [2.24, 2.45) is 0 Å². The van der Waals surface area contributed by atoms with E-state index in [1.54, 1.807) is 12.1 Å². The highest BCUT2D eigenvalue weighted by Gasteiger charge is 2.11. The number of halogens is 1. The summed E-state index contributed by atoms with van der Waals surface area (Å²) in [4.78, 5) is 4.23. The van der Waals surface area contributed by atoms with Crippen LogP contribution < -0.4 is 5.32 Å². The van der Waals surface area contributed by atoms with E-state index in [0.717, 1.165) is 0 Å². The Labute approximate surface area is 98.8 Å². The minimum Gasteiger partial charge on any atom is -0.334 e. The van der Waals surface area contributed by atoms with E-state index < -0.39 is 0 Å². The van der Waals surface area contributed by atoms with Gasteiger partial charge in [0.05, 0.1) is 0 Å². The Morgan fingerprint density at radius 1 is 1.47 bits per heavy atom. The number of aromatic nitrogens is 2. The molecule has 0 spiro atoms. The SMILES string of the molecule is CNC(C)Cc1noc(-c2cccc(F)c2)n1. The number of nitrogens with one attached hydrogen (secondary N) is 1. The van der Waals surface area contributed by atoms with Crippen LogP contribution in [0.2, 0.25) is 0 Å². The van der Waals surface area contributed by atoms with E-state index in [-0.39, 0.29) is 11.9 Å². The first-order valence-electron chi connectivity index (χ1n) is 5.45. The Balaban J connectivity index is 2.18. The maximum atomic E-state index is 13.0. The molecule has 0 saturated heterocycles. The fourth-order valence-corrected chi connectivity index (χ4v) is 1.45. The summed E-state index contributed by atoms with van der Waals surface area (Å²) in [6.07, 6.45) is 0.676. The largest absolute Gasteiger partial charge is 0.334 e. The standard InChI is InChI=1S/C12H14FN3O/c1-8(14-2)6-11-15-12(17-16-11)9-4-3-5-10(13)7-9/h3-5,7-8,14H,6H2,1-2H3. The van der Waals surface area contributed by atoms with Gasteiger partial charge >= 0.3 is 0 Å². The van der Waals surface area contributed by atoms with E-state index in [9.17, 15) is 4.39 Å². The topological polar surface area (TPSA) is 51.0 Å². The van der Waals surface area contributed by atoms with Gasteiger partial charge in [-0.3, -0.25) is 0 Å². The van der Waals surface area contributed by atoms with Crippen molar-refractivity contribution in [2.45, 2.75) is 19.4 Å². The molecule has 4 nitrogen and oxygen atoms in total. The Morgan fingerprint density at radius 2 is 2.29 bits per heavy atom. The van der Waals surface area contributed by atoms with Crippen LogP contribution in [0.25, 0.3) is 11.5 Å². The summed E-state index contributed by atoms with van der Waals surface area (Å²) in [7, 11) is 1.87. The highest BCUT2D eigenvalue weighted by atomic mass is 19.1. The number of likely N-dealkylation sites (N-methyl/N-ethyl adjacent to an activating group) is 1. The number of rotatable bonds is 4. The lowest BCUT2D eigenvalue weighted by atomic mass is 10.2. The van der Waals surface area contributed by atoms with Gasteiger partial charge in [-0.15, -0.1) is 0 Å². The van der Waals surface area contributed by atoms with Crippen LogP contribution in [0.4, 0.5) is 4.39 Å². The normalized spacial score (nSPS) is 12.6.